The Morgan fingerprint density at radius 3 is 2.78 bits per heavy atom. The first-order valence-electron chi connectivity index (χ1n) is 7.85. The smallest absolute Gasteiger partial charge is 0.255 e. The predicted molar refractivity (Wildman–Crippen MR) is 98.8 cm³/mol. The standard InChI is InChI=1S/C18H15N7O2/c1-27-16-7-3-6-15(9-16)21-18(26)12-4-2-5-14(8-12)20-11-13(10-19)17-22-24-25-23-17/h2-9,11,20H,1H3,(H,21,26)(H,22,23,24,25). The number of nitrogens with one attached hydrogen (secondary N) is 3. The molecule has 9 nitrogen and oxygen atoms in total. The number of nitrogens with zero attached hydrogens (tertiary/aromatic N) is 4. The summed E-state index contributed by atoms with van der Waals surface area (Å²) in [5, 5.41) is 28.1. The summed E-state index contributed by atoms with van der Waals surface area (Å²) in [6.45, 7) is 0. The molecule has 0 saturated carbocycles. The van der Waals surface area contributed by atoms with E-state index in [0.717, 1.165) is 0 Å². The third-order valence-electron chi connectivity index (χ3n) is 3.54. The molecular formula is C18H15N7O2. The molecule has 0 aliphatic carbocycles. The van der Waals surface area contributed by atoms with E-state index >= 15 is 0 Å². The number of methoxy groups -OCH3 is 1. The molecule has 0 radical (unpaired) electrons. The van der Waals surface area contributed by atoms with Crippen molar-refractivity contribution in [3.8, 4) is 11.8 Å². The highest BCUT2D eigenvalue weighted by Crippen LogP contribution is 2.19. The van der Waals surface area contributed by atoms with Crippen LogP contribution in [0, 0.1) is 11.3 Å². The summed E-state index contributed by atoms with van der Waals surface area (Å²) in [6.07, 6.45) is 1.45. The van der Waals surface area contributed by atoms with Crippen molar-refractivity contribution in [3.63, 3.8) is 0 Å². The number of rotatable bonds is 6. The molecule has 3 rings (SSSR count). The van der Waals surface area contributed by atoms with Crippen molar-refractivity contribution in [2.75, 3.05) is 17.7 Å². The Morgan fingerprint density at radius 2 is 2.04 bits per heavy atom. The van der Waals surface area contributed by atoms with Gasteiger partial charge in [-0.15, -0.1) is 10.2 Å². The van der Waals surface area contributed by atoms with Crippen LogP contribution in [-0.2, 0) is 0 Å². The molecular weight excluding hydrogens is 346 g/mol. The summed E-state index contributed by atoms with van der Waals surface area (Å²) < 4.78 is 5.15. The van der Waals surface area contributed by atoms with Crippen LogP contribution in [0.1, 0.15) is 16.2 Å². The third kappa shape index (κ3) is 4.46. The largest absolute Gasteiger partial charge is 0.497 e. The molecule has 3 aromatic rings. The van der Waals surface area contributed by atoms with Crippen LogP contribution in [0.4, 0.5) is 11.4 Å². The molecule has 0 saturated heterocycles. The van der Waals surface area contributed by atoms with Crippen molar-refractivity contribution >= 4 is 22.9 Å². The SMILES string of the molecule is COc1cccc(NC(=O)c2cccc(NC=C(C#N)c3nn[nH]n3)c2)c1. The molecule has 0 bridgehead atoms. The highest BCUT2D eigenvalue weighted by Gasteiger charge is 2.08. The van der Waals surface area contributed by atoms with Gasteiger partial charge in [0.1, 0.15) is 17.4 Å². The maximum Gasteiger partial charge on any atom is 0.255 e. The van der Waals surface area contributed by atoms with Gasteiger partial charge in [0, 0.05) is 29.2 Å². The zero-order valence-electron chi connectivity index (χ0n) is 14.3. The lowest BCUT2D eigenvalue weighted by atomic mass is 10.1. The Bertz CT molecular complexity index is 1010. The minimum atomic E-state index is -0.269. The van der Waals surface area contributed by atoms with E-state index in [9.17, 15) is 10.1 Å². The van der Waals surface area contributed by atoms with Gasteiger partial charge in [0.15, 0.2) is 0 Å². The second-order valence-electron chi connectivity index (χ2n) is 5.32. The van der Waals surface area contributed by atoms with E-state index < -0.39 is 0 Å². The van der Waals surface area contributed by atoms with E-state index in [2.05, 4.69) is 31.3 Å². The topological polar surface area (TPSA) is 129 Å². The van der Waals surface area contributed by atoms with Crippen LogP contribution in [0.15, 0.2) is 54.7 Å². The number of aromatic amines is 1. The molecule has 27 heavy (non-hydrogen) atoms. The van der Waals surface area contributed by atoms with Crippen molar-refractivity contribution in [3.05, 3.63) is 66.1 Å². The number of carbonyl (C=O) groups excluding carboxylic acids is 1. The number of allylic oxidation sites excluding steroid dienone is 1. The number of tetrazole rings is 1. The van der Waals surface area contributed by atoms with Crippen LogP contribution in [-0.4, -0.2) is 33.6 Å². The quantitative estimate of drug-likeness (QED) is 0.575. The zero-order valence-corrected chi connectivity index (χ0v) is 14.3. The lowest BCUT2D eigenvalue weighted by Gasteiger charge is -2.08. The van der Waals surface area contributed by atoms with Gasteiger partial charge in [-0.25, -0.2) is 0 Å². The monoisotopic (exact) mass is 361 g/mol. The van der Waals surface area contributed by atoms with Gasteiger partial charge >= 0.3 is 0 Å². The highest BCUT2D eigenvalue weighted by atomic mass is 16.5. The summed E-state index contributed by atoms with van der Waals surface area (Å²) >= 11 is 0. The number of amides is 1. The van der Waals surface area contributed by atoms with Crippen LogP contribution in [0.5, 0.6) is 5.75 Å². The van der Waals surface area contributed by atoms with Gasteiger partial charge in [0.25, 0.3) is 5.91 Å². The number of benzene rings is 2. The summed E-state index contributed by atoms with van der Waals surface area (Å²) in [6, 6.07) is 15.9. The summed E-state index contributed by atoms with van der Waals surface area (Å²) in [7, 11) is 1.56. The minimum absolute atomic E-state index is 0.178. The van der Waals surface area contributed by atoms with Crippen molar-refractivity contribution in [1.29, 1.82) is 5.26 Å². The molecule has 134 valence electrons. The first-order valence-corrected chi connectivity index (χ1v) is 7.85. The molecule has 0 atom stereocenters. The van der Waals surface area contributed by atoms with Gasteiger partial charge in [0.2, 0.25) is 5.82 Å². The van der Waals surface area contributed by atoms with Gasteiger partial charge in [-0.2, -0.15) is 10.5 Å². The van der Waals surface area contributed by atoms with Crippen molar-refractivity contribution < 1.29 is 9.53 Å². The fourth-order valence-electron chi connectivity index (χ4n) is 2.23. The van der Waals surface area contributed by atoms with Crippen molar-refractivity contribution in [2.24, 2.45) is 0 Å². The number of nitriles is 1. The van der Waals surface area contributed by atoms with E-state index in [0.29, 0.717) is 22.7 Å². The Balaban J connectivity index is 1.73. The molecule has 1 amide bonds. The Morgan fingerprint density at radius 1 is 1.22 bits per heavy atom. The third-order valence-corrected chi connectivity index (χ3v) is 3.54. The second kappa shape index (κ2) is 8.26. The second-order valence-corrected chi connectivity index (χ2v) is 5.32. The first kappa shape index (κ1) is 17.6. The van der Waals surface area contributed by atoms with Crippen LogP contribution >= 0.6 is 0 Å². The normalized spacial score (nSPS) is 10.7. The average molecular weight is 361 g/mol. The number of aromatic nitrogens is 4. The van der Waals surface area contributed by atoms with E-state index in [1.807, 2.05) is 6.07 Å². The first-order chi connectivity index (χ1) is 13.2. The number of hydrogen-bond acceptors (Lipinski definition) is 7. The predicted octanol–water partition coefficient (Wildman–Crippen LogP) is 2.44. The summed E-state index contributed by atoms with van der Waals surface area (Å²) in [5.74, 6) is 0.560. The van der Waals surface area contributed by atoms with E-state index in [4.69, 9.17) is 4.74 Å². The van der Waals surface area contributed by atoms with Gasteiger partial charge < -0.3 is 15.4 Å². The fourth-order valence-corrected chi connectivity index (χ4v) is 2.23. The summed E-state index contributed by atoms with van der Waals surface area (Å²) in [4.78, 5) is 12.5. The molecule has 0 fully saturated rings. The molecule has 3 N–H and O–H groups in total. The number of H-pyrrole nitrogens is 1. The van der Waals surface area contributed by atoms with Gasteiger partial charge in [-0.3, -0.25) is 4.79 Å². The fraction of sp³-hybridized carbons (Fsp3) is 0.0556. The van der Waals surface area contributed by atoms with E-state index in [-0.39, 0.29) is 17.3 Å². The lowest BCUT2D eigenvalue weighted by Crippen LogP contribution is -2.12. The molecule has 0 aliphatic heterocycles. The van der Waals surface area contributed by atoms with Gasteiger partial charge in [-0.1, -0.05) is 12.1 Å². The maximum atomic E-state index is 12.5. The van der Waals surface area contributed by atoms with E-state index in [1.54, 1.807) is 55.6 Å². The van der Waals surface area contributed by atoms with E-state index in [1.165, 1.54) is 6.20 Å². The maximum absolute atomic E-state index is 12.5. The molecule has 0 spiro atoms. The number of anilines is 2. The molecule has 1 heterocycles. The molecule has 0 unspecified atom stereocenters. The highest BCUT2D eigenvalue weighted by molar-refractivity contribution is 6.04. The van der Waals surface area contributed by atoms with Gasteiger partial charge in [0.05, 0.1) is 7.11 Å². The molecule has 2 aromatic carbocycles. The zero-order chi connectivity index (χ0) is 19.1. The molecule has 1 aromatic heterocycles. The lowest BCUT2D eigenvalue weighted by molar-refractivity contribution is 0.102. The minimum Gasteiger partial charge on any atom is -0.497 e. The number of hydrogen-bond donors (Lipinski definition) is 3. The van der Waals surface area contributed by atoms with Crippen LogP contribution in [0.3, 0.4) is 0 Å². The Labute approximate surface area is 154 Å². The van der Waals surface area contributed by atoms with Crippen LogP contribution in [0.2, 0.25) is 0 Å². The Hall–Kier alpha value is -4.19. The molecule has 0 aliphatic rings. The van der Waals surface area contributed by atoms with Gasteiger partial charge in [-0.05, 0) is 35.5 Å². The average Bonchev–Trinajstić information content (AvgIpc) is 3.23. The van der Waals surface area contributed by atoms with Crippen molar-refractivity contribution in [2.45, 2.75) is 0 Å². The van der Waals surface area contributed by atoms with Crippen molar-refractivity contribution in [1.82, 2.24) is 20.6 Å². The number of ether oxygens (including phenoxy) is 1. The van der Waals surface area contributed by atoms with Crippen LogP contribution in [0.25, 0.3) is 5.57 Å². The molecule has 9 heteroatoms. The van der Waals surface area contributed by atoms with Crippen LogP contribution < -0.4 is 15.4 Å². The Kier molecular flexibility index (Phi) is 5.39. The summed E-state index contributed by atoms with van der Waals surface area (Å²) in [5.41, 5.74) is 1.91. The number of carbonyl (C=O) groups is 1.